The minimum absolute atomic E-state index is 0.0873. The number of rotatable bonds is 6. The molecule has 7 heteroatoms. The molecule has 0 aromatic heterocycles. The average Bonchev–Trinajstić information content (AvgIpc) is 3.37. The van der Waals surface area contributed by atoms with Crippen LogP contribution in [0.2, 0.25) is 5.02 Å². The molecule has 138 valence electrons. The number of halogens is 1. The Morgan fingerprint density at radius 3 is 2.12 bits per heavy atom. The molecular formula is C19H21ClN2O3S. The Morgan fingerprint density at radius 1 is 1.04 bits per heavy atom. The van der Waals surface area contributed by atoms with Crippen LogP contribution in [0.15, 0.2) is 53.4 Å². The lowest BCUT2D eigenvalue weighted by Gasteiger charge is -2.16. The lowest BCUT2D eigenvalue weighted by molar-refractivity contribution is -0.118. The van der Waals surface area contributed by atoms with Gasteiger partial charge in [-0.3, -0.25) is 4.79 Å². The highest BCUT2D eigenvalue weighted by Crippen LogP contribution is 2.49. The molecule has 5 nitrogen and oxygen atoms in total. The van der Waals surface area contributed by atoms with E-state index >= 15 is 0 Å². The van der Waals surface area contributed by atoms with E-state index in [1.54, 1.807) is 38.1 Å². The van der Waals surface area contributed by atoms with Gasteiger partial charge in [0.1, 0.15) is 0 Å². The van der Waals surface area contributed by atoms with Crippen molar-refractivity contribution in [1.29, 1.82) is 0 Å². The third-order valence-corrected chi connectivity index (χ3v) is 6.32. The van der Waals surface area contributed by atoms with Gasteiger partial charge in [0.05, 0.1) is 10.3 Å². The summed E-state index contributed by atoms with van der Waals surface area (Å²) in [5, 5.41) is 3.53. The Bertz CT molecular complexity index is 903. The SMILES string of the molecule is CC(C)NS(=O)(=O)c1ccc(NC(=O)C2(c3ccc(Cl)cc3)CC2)cc1. The number of carbonyl (C=O) groups excluding carboxylic acids is 1. The minimum atomic E-state index is -3.54. The van der Waals surface area contributed by atoms with Crippen LogP contribution in [0, 0.1) is 0 Å². The Morgan fingerprint density at radius 2 is 1.62 bits per heavy atom. The summed E-state index contributed by atoms with van der Waals surface area (Å²) in [6.07, 6.45) is 1.57. The molecule has 1 saturated carbocycles. The van der Waals surface area contributed by atoms with Crippen molar-refractivity contribution in [3.05, 3.63) is 59.1 Å². The zero-order valence-corrected chi connectivity index (χ0v) is 16.2. The van der Waals surface area contributed by atoms with Crippen LogP contribution in [0.1, 0.15) is 32.3 Å². The van der Waals surface area contributed by atoms with Crippen molar-refractivity contribution in [3.63, 3.8) is 0 Å². The summed E-state index contributed by atoms with van der Waals surface area (Å²) in [5.74, 6) is -0.0873. The second-order valence-electron chi connectivity index (χ2n) is 6.84. The summed E-state index contributed by atoms with van der Waals surface area (Å²) in [4.78, 5) is 12.9. The number of sulfonamides is 1. The van der Waals surface area contributed by atoms with E-state index in [9.17, 15) is 13.2 Å². The molecule has 1 amide bonds. The number of nitrogens with one attached hydrogen (secondary N) is 2. The number of anilines is 1. The molecule has 2 aromatic carbocycles. The third kappa shape index (κ3) is 3.92. The first kappa shape index (κ1) is 18.9. The summed E-state index contributed by atoms with van der Waals surface area (Å²) in [6.45, 7) is 3.52. The van der Waals surface area contributed by atoms with Crippen molar-refractivity contribution in [3.8, 4) is 0 Å². The predicted octanol–water partition coefficient (Wildman–Crippen LogP) is 3.70. The van der Waals surface area contributed by atoms with Crippen LogP contribution in [0.3, 0.4) is 0 Å². The molecule has 1 fully saturated rings. The summed E-state index contributed by atoms with van der Waals surface area (Å²) < 4.78 is 26.8. The fraction of sp³-hybridized carbons (Fsp3) is 0.316. The van der Waals surface area contributed by atoms with E-state index in [1.807, 2.05) is 12.1 Å². The van der Waals surface area contributed by atoms with Gasteiger partial charge >= 0.3 is 0 Å². The number of hydrogen-bond donors (Lipinski definition) is 2. The molecule has 0 atom stereocenters. The summed E-state index contributed by atoms with van der Waals surface area (Å²) in [5.41, 5.74) is 0.993. The Balaban J connectivity index is 1.73. The maximum absolute atomic E-state index is 12.7. The lowest BCUT2D eigenvalue weighted by Crippen LogP contribution is -2.30. The first-order valence-corrected chi connectivity index (χ1v) is 10.3. The van der Waals surface area contributed by atoms with Crippen molar-refractivity contribution >= 4 is 33.2 Å². The molecule has 0 bridgehead atoms. The molecule has 26 heavy (non-hydrogen) atoms. The van der Waals surface area contributed by atoms with E-state index < -0.39 is 15.4 Å². The third-order valence-electron chi connectivity index (χ3n) is 4.39. The second-order valence-corrected chi connectivity index (χ2v) is 8.99. The number of amides is 1. The maximum atomic E-state index is 12.7. The fourth-order valence-electron chi connectivity index (χ4n) is 2.89. The van der Waals surface area contributed by atoms with Crippen molar-refractivity contribution < 1.29 is 13.2 Å². The van der Waals surface area contributed by atoms with Gasteiger partial charge in [0.25, 0.3) is 0 Å². The maximum Gasteiger partial charge on any atom is 0.240 e. The molecule has 0 heterocycles. The van der Waals surface area contributed by atoms with Gasteiger partial charge in [-0.2, -0.15) is 0 Å². The smallest absolute Gasteiger partial charge is 0.240 e. The molecule has 0 saturated heterocycles. The molecule has 2 aromatic rings. The van der Waals surface area contributed by atoms with Crippen LogP contribution in [0.5, 0.6) is 0 Å². The number of benzene rings is 2. The Hall–Kier alpha value is -1.89. The number of hydrogen-bond acceptors (Lipinski definition) is 3. The monoisotopic (exact) mass is 392 g/mol. The van der Waals surface area contributed by atoms with E-state index in [2.05, 4.69) is 10.0 Å². The van der Waals surface area contributed by atoms with E-state index in [0.29, 0.717) is 10.7 Å². The molecular weight excluding hydrogens is 372 g/mol. The highest BCUT2D eigenvalue weighted by atomic mass is 35.5. The number of carbonyl (C=O) groups is 1. The normalized spacial score (nSPS) is 15.7. The first-order chi connectivity index (χ1) is 12.2. The van der Waals surface area contributed by atoms with E-state index in [0.717, 1.165) is 18.4 Å². The van der Waals surface area contributed by atoms with Crippen LogP contribution < -0.4 is 10.0 Å². The van der Waals surface area contributed by atoms with E-state index in [1.165, 1.54) is 12.1 Å². The largest absolute Gasteiger partial charge is 0.325 e. The predicted molar refractivity (Wildman–Crippen MR) is 103 cm³/mol. The van der Waals surface area contributed by atoms with Crippen molar-refractivity contribution in [2.24, 2.45) is 0 Å². The lowest BCUT2D eigenvalue weighted by atomic mass is 9.95. The second kappa shape index (κ2) is 7.02. The first-order valence-electron chi connectivity index (χ1n) is 8.43. The van der Waals surface area contributed by atoms with Crippen LogP contribution in [-0.2, 0) is 20.2 Å². The topological polar surface area (TPSA) is 75.3 Å². The van der Waals surface area contributed by atoms with Crippen LogP contribution in [0.4, 0.5) is 5.69 Å². The zero-order valence-electron chi connectivity index (χ0n) is 14.6. The van der Waals surface area contributed by atoms with Crippen molar-refractivity contribution in [1.82, 2.24) is 4.72 Å². The molecule has 2 N–H and O–H groups in total. The van der Waals surface area contributed by atoms with Gasteiger partial charge in [0.15, 0.2) is 0 Å². The van der Waals surface area contributed by atoms with Crippen LogP contribution >= 0.6 is 11.6 Å². The summed E-state index contributed by atoms with van der Waals surface area (Å²) >= 11 is 5.92. The van der Waals surface area contributed by atoms with Crippen LogP contribution in [0.25, 0.3) is 0 Å². The van der Waals surface area contributed by atoms with Crippen molar-refractivity contribution in [2.75, 3.05) is 5.32 Å². The fourth-order valence-corrected chi connectivity index (χ4v) is 4.26. The van der Waals surface area contributed by atoms with E-state index in [4.69, 9.17) is 11.6 Å². The van der Waals surface area contributed by atoms with Gasteiger partial charge in [-0.25, -0.2) is 13.1 Å². The van der Waals surface area contributed by atoms with Gasteiger partial charge in [-0.05, 0) is 68.7 Å². The Labute approximate surface area is 158 Å². The average molecular weight is 393 g/mol. The van der Waals surface area contributed by atoms with Gasteiger partial charge in [-0.1, -0.05) is 23.7 Å². The van der Waals surface area contributed by atoms with Crippen molar-refractivity contribution in [2.45, 2.75) is 43.0 Å². The summed E-state index contributed by atoms with van der Waals surface area (Å²) in [7, 11) is -3.54. The van der Waals surface area contributed by atoms with Crippen LogP contribution in [-0.4, -0.2) is 20.4 Å². The minimum Gasteiger partial charge on any atom is -0.325 e. The zero-order chi connectivity index (χ0) is 18.9. The highest BCUT2D eigenvalue weighted by Gasteiger charge is 2.51. The quantitative estimate of drug-likeness (QED) is 0.787. The molecule has 1 aliphatic carbocycles. The van der Waals surface area contributed by atoms with Gasteiger partial charge in [0, 0.05) is 16.8 Å². The molecule has 0 aliphatic heterocycles. The molecule has 0 unspecified atom stereocenters. The van der Waals surface area contributed by atoms with Gasteiger partial charge < -0.3 is 5.32 Å². The highest BCUT2D eigenvalue weighted by molar-refractivity contribution is 7.89. The van der Waals surface area contributed by atoms with E-state index in [-0.39, 0.29) is 16.8 Å². The molecule has 0 radical (unpaired) electrons. The molecule has 1 aliphatic rings. The molecule has 3 rings (SSSR count). The Kier molecular flexibility index (Phi) is 5.10. The van der Waals surface area contributed by atoms with Gasteiger partial charge in [0.2, 0.25) is 15.9 Å². The molecule has 0 spiro atoms. The van der Waals surface area contributed by atoms with Gasteiger partial charge in [-0.15, -0.1) is 0 Å². The summed E-state index contributed by atoms with van der Waals surface area (Å²) in [6, 6.07) is 13.3. The standard InChI is InChI=1S/C19H21ClN2O3S/c1-13(2)22-26(24,25)17-9-7-16(8-10-17)21-18(23)19(11-12-19)14-3-5-15(20)6-4-14/h3-10,13,22H,11-12H2,1-2H3,(H,21,23).